The normalized spacial score (nSPS) is 16.5. The third kappa shape index (κ3) is 2.29. The highest BCUT2D eigenvalue weighted by Gasteiger charge is 2.17. The molecule has 0 bridgehead atoms. The lowest BCUT2D eigenvalue weighted by molar-refractivity contribution is 0.200. The zero-order valence-electron chi connectivity index (χ0n) is 8.82. The summed E-state index contributed by atoms with van der Waals surface area (Å²) in [6, 6.07) is -0.0546. The number of nitrogens with one attached hydrogen (secondary N) is 1. The van der Waals surface area contributed by atoms with E-state index in [0.29, 0.717) is 11.4 Å². The van der Waals surface area contributed by atoms with Gasteiger partial charge in [-0.2, -0.15) is 0 Å². The SMILES string of the molecule is Cc1nocc1NC(=O)N1CCCCC1. The lowest BCUT2D eigenvalue weighted by atomic mass is 10.1. The number of nitrogens with zero attached hydrogens (tertiary/aromatic N) is 2. The van der Waals surface area contributed by atoms with E-state index in [1.807, 2.05) is 4.90 Å². The molecule has 1 aromatic rings. The Morgan fingerprint density at radius 3 is 2.80 bits per heavy atom. The van der Waals surface area contributed by atoms with E-state index in [2.05, 4.69) is 10.5 Å². The number of hydrogen-bond donors (Lipinski definition) is 1. The van der Waals surface area contributed by atoms with Gasteiger partial charge in [-0.25, -0.2) is 4.79 Å². The van der Waals surface area contributed by atoms with Gasteiger partial charge in [0.2, 0.25) is 0 Å². The predicted molar refractivity (Wildman–Crippen MR) is 55.7 cm³/mol. The van der Waals surface area contributed by atoms with E-state index >= 15 is 0 Å². The molecular weight excluding hydrogens is 194 g/mol. The average molecular weight is 209 g/mol. The first-order valence-corrected chi connectivity index (χ1v) is 5.24. The van der Waals surface area contributed by atoms with Gasteiger partial charge in [-0.1, -0.05) is 5.16 Å². The molecule has 5 heteroatoms. The molecule has 1 aliphatic rings. The molecular formula is C10H15N3O2. The smallest absolute Gasteiger partial charge is 0.321 e. The molecule has 1 aromatic heterocycles. The first kappa shape index (κ1) is 10.0. The maximum absolute atomic E-state index is 11.8. The van der Waals surface area contributed by atoms with Gasteiger partial charge in [0, 0.05) is 13.1 Å². The Balaban J connectivity index is 1.94. The minimum atomic E-state index is -0.0546. The van der Waals surface area contributed by atoms with E-state index in [9.17, 15) is 4.79 Å². The zero-order valence-corrected chi connectivity index (χ0v) is 8.82. The Morgan fingerprint density at radius 2 is 2.20 bits per heavy atom. The molecule has 15 heavy (non-hydrogen) atoms. The summed E-state index contributed by atoms with van der Waals surface area (Å²) in [5, 5.41) is 6.50. The molecule has 0 spiro atoms. The van der Waals surface area contributed by atoms with Crippen molar-refractivity contribution in [3.05, 3.63) is 12.0 Å². The number of carbonyl (C=O) groups excluding carboxylic acids is 1. The lowest BCUT2D eigenvalue weighted by Crippen LogP contribution is -2.38. The summed E-state index contributed by atoms with van der Waals surface area (Å²) in [4.78, 5) is 13.6. The number of aryl methyl sites for hydroxylation is 1. The summed E-state index contributed by atoms with van der Waals surface area (Å²) in [5.41, 5.74) is 1.37. The van der Waals surface area contributed by atoms with Crippen LogP contribution < -0.4 is 5.32 Å². The minimum Gasteiger partial charge on any atom is -0.362 e. The van der Waals surface area contributed by atoms with Crippen LogP contribution in [0.4, 0.5) is 10.5 Å². The van der Waals surface area contributed by atoms with Gasteiger partial charge in [-0.3, -0.25) is 0 Å². The van der Waals surface area contributed by atoms with E-state index < -0.39 is 0 Å². The van der Waals surface area contributed by atoms with Crippen LogP contribution in [0, 0.1) is 6.92 Å². The Morgan fingerprint density at radius 1 is 1.47 bits per heavy atom. The number of piperidine rings is 1. The Kier molecular flexibility index (Phi) is 2.89. The number of urea groups is 1. The van der Waals surface area contributed by atoms with Crippen LogP contribution in [0.5, 0.6) is 0 Å². The fourth-order valence-electron chi connectivity index (χ4n) is 1.70. The minimum absolute atomic E-state index is 0.0546. The monoisotopic (exact) mass is 209 g/mol. The van der Waals surface area contributed by atoms with Crippen LogP contribution in [0.2, 0.25) is 0 Å². The molecule has 82 valence electrons. The van der Waals surface area contributed by atoms with Crippen LogP contribution >= 0.6 is 0 Å². The second-order valence-electron chi connectivity index (χ2n) is 3.79. The third-order valence-corrected chi connectivity index (χ3v) is 2.63. The van der Waals surface area contributed by atoms with Crippen LogP contribution in [0.1, 0.15) is 25.0 Å². The first-order chi connectivity index (χ1) is 7.27. The summed E-state index contributed by atoms with van der Waals surface area (Å²) in [6.07, 6.45) is 4.86. The standard InChI is InChI=1S/C10H15N3O2/c1-8-9(7-15-12-8)11-10(14)13-5-3-2-4-6-13/h7H,2-6H2,1H3,(H,11,14). The molecule has 1 N–H and O–H groups in total. The number of aromatic nitrogens is 1. The van der Waals surface area contributed by atoms with E-state index in [-0.39, 0.29) is 6.03 Å². The summed E-state index contributed by atoms with van der Waals surface area (Å²) < 4.78 is 4.75. The van der Waals surface area contributed by atoms with Crippen molar-refractivity contribution in [3.8, 4) is 0 Å². The molecule has 0 aromatic carbocycles. The highest BCUT2D eigenvalue weighted by Crippen LogP contribution is 2.14. The van der Waals surface area contributed by atoms with Crippen LogP contribution in [0.25, 0.3) is 0 Å². The van der Waals surface area contributed by atoms with Crippen molar-refractivity contribution < 1.29 is 9.32 Å². The molecule has 0 radical (unpaired) electrons. The second kappa shape index (κ2) is 4.33. The van der Waals surface area contributed by atoms with Gasteiger partial charge in [0.15, 0.2) is 0 Å². The fourth-order valence-corrected chi connectivity index (χ4v) is 1.70. The van der Waals surface area contributed by atoms with Crippen molar-refractivity contribution in [1.82, 2.24) is 10.1 Å². The van der Waals surface area contributed by atoms with E-state index in [1.165, 1.54) is 12.7 Å². The molecule has 5 nitrogen and oxygen atoms in total. The van der Waals surface area contributed by atoms with E-state index in [0.717, 1.165) is 25.9 Å². The molecule has 0 aliphatic carbocycles. The molecule has 1 fully saturated rings. The molecule has 2 rings (SSSR count). The maximum atomic E-state index is 11.8. The quantitative estimate of drug-likeness (QED) is 0.769. The van der Waals surface area contributed by atoms with Gasteiger partial charge in [0.05, 0.1) is 0 Å². The number of likely N-dealkylation sites (tertiary alicyclic amines) is 1. The van der Waals surface area contributed by atoms with Crippen LogP contribution in [-0.4, -0.2) is 29.2 Å². The van der Waals surface area contributed by atoms with Crippen molar-refractivity contribution in [2.24, 2.45) is 0 Å². The zero-order chi connectivity index (χ0) is 10.7. The van der Waals surface area contributed by atoms with Crippen molar-refractivity contribution in [1.29, 1.82) is 0 Å². The molecule has 1 saturated heterocycles. The van der Waals surface area contributed by atoms with Crippen molar-refractivity contribution in [2.45, 2.75) is 26.2 Å². The number of amides is 2. The number of anilines is 1. The van der Waals surface area contributed by atoms with Crippen LogP contribution in [0.3, 0.4) is 0 Å². The van der Waals surface area contributed by atoms with Crippen molar-refractivity contribution in [2.75, 3.05) is 18.4 Å². The van der Waals surface area contributed by atoms with Gasteiger partial charge in [-0.05, 0) is 26.2 Å². The average Bonchev–Trinajstić information content (AvgIpc) is 2.66. The second-order valence-corrected chi connectivity index (χ2v) is 3.79. The molecule has 2 amide bonds. The topological polar surface area (TPSA) is 58.4 Å². The highest BCUT2D eigenvalue weighted by molar-refractivity contribution is 5.89. The molecule has 0 saturated carbocycles. The van der Waals surface area contributed by atoms with E-state index in [1.54, 1.807) is 6.92 Å². The fraction of sp³-hybridized carbons (Fsp3) is 0.600. The van der Waals surface area contributed by atoms with Gasteiger partial charge >= 0.3 is 6.03 Å². The Labute approximate surface area is 88.4 Å². The van der Waals surface area contributed by atoms with Gasteiger partial charge in [0.25, 0.3) is 0 Å². The molecule has 0 atom stereocenters. The van der Waals surface area contributed by atoms with Gasteiger partial charge in [0.1, 0.15) is 17.6 Å². The summed E-state index contributed by atoms with van der Waals surface area (Å²) >= 11 is 0. The maximum Gasteiger partial charge on any atom is 0.321 e. The lowest BCUT2D eigenvalue weighted by Gasteiger charge is -2.26. The summed E-state index contributed by atoms with van der Waals surface area (Å²) in [5.74, 6) is 0. The van der Waals surface area contributed by atoms with Crippen LogP contribution in [0.15, 0.2) is 10.8 Å². The third-order valence-electron chi connectivity index (χ3n) is 2.63. The number of rotatable bonds is 1. The largest absolute Gasteiger partial charge is 0.362 e. The Bertz CT molecular complexity index is 342. The predicted octanol–water partition coefficient (Wildman–Crippen LogP) is 2.00. The Hall–Kier alpha value is -1.52. The number of hydrogen-bond acceptors (Lipinski definition) is 3. The van der Waals surface area contributed by atoms with Crippen LogP contribution in [-0.2, 0) is 0 Å². The van der Waals surface area contributed by atoms with E-state index in [4.69, 9.17) is 4.52 Å². The first-order valence-electron chi connectivity index (χ1n) is 5.24. The van der Waals surface area contributed by atoms with Gasteiger partial charge in [-0.15, -0.1) is 0 Å². The molecule has 0 unspecified atom stereocenters. The molecule has 1 aliphatic heterocycles. The van der Waals surface area contributed by atoms with Gasteiger partial charge < -0.3 is 14.7 Å². The van der Waals surface area contributed by atoms with Crippen molar-refractivity contribution >= 4 is 11.7 Å². The number of carbonyl (C=O) groups is 1. The molecule has 2 heterocycles. The summed E-state index contributed by atoms with van der Waals surface area (Å²) in [7, 11) is 0. The van der Waals surface area contributed by atoms with Crippen molar-refractivity contribution in [3.63, 3.8) is 0 Å². The highest BCUT2D eigenvalue weighted by atomic mass is 16.5. The summed E-state index contributed by atoms with van der Waals surface area (Å²) in [6.45, 7) is 3.49.